The lowest BCUT2D eigenvalue weighted by Crippen LogP contribution is -2.21. The monoisotopic (exact) mass is 214 g/mol. The van der Waals surface area contributed by atoms with Crippen molar-refractivity contribution in [2.45, 2.75) is 25.8 Å². The van der Waals surface area contributed by atoms with Crippen LogP contribution in [0.25, 0.3) is 10.8 Å². The zero-order chi connectivity index (χ0) is 11.4. The fraction of sp³-hybridized carbons (Fsp3) is 0.357. The third-order valence-electron chi connectivity index (χ3n) is 3.11. The van der Waals surface area contributed by atoms with Crippen molar-refractivity contribution in [2.75, 3.05) is 7.05 Å². The van der Waals surface area contributed by atoms with Gasteiger partial charge < -0.3 is 5.32 Å². The first-order valence-corrected chi connectivity index (χ1v) is 5.80. The van der Waals surface area contributed by atoms with Crippen LogP contribution in [0.4, 0.5) is 0 Å². The predicted molar refractivity (Wildman–Crippen MR) is 68.6 cm³/mol. The summed E-state index contributed by atoms with van der Waals surface area (Å²) in [6.07, 6.45) is 6.08. The van der Waals surface area contributed by atoms with Crippen molar-refractivity contribution in [2.24, 2.45) is 0 Å². The third kappa shape index (κ3) is 2.39. The maximum Gasteiger partial charge on any atom is 0.0349 e. The summed E-state index contributed by atoms with van der Waals surface area (Å²) in [7, 11) is 2.01. The van der Waals surface area contributed by atoms with Gasteiger partial charge in [0.2, 0.25) is 0 Å². The van der Waals surface area contributed by atoms with E-state index in [1.807, 2.05) is 19.4 Å². The number of hydrogen-bond acceptors (Lipinski definition) is 2. The zero-order valence-electron chi connectivity index (χ0n) is 9.90. The number of pyridine rings is 1. The van der Waals surface area contributed by atoms with Crippen molar-refractivity contribution >= 4 is 10.8 Å². The van der Waals surface area contributed by atoms with Gasteiger partial charge in [0.05, 0.1) is 0 Å². The Kier molecular flexibility index (Phi) is 3.52. The highest BCUT2D eigenvalue weighted by atomic mass is 14.8. The molecule has 0 spiro atoms. The third-order valence-corrected chi connectivity index (χ3v) is 3.11. The molecule has 2 nitrogen and oxygen atoms in total. The van der Waals surface area contributed by atoms with Gasteiger partial charge in [-0.2, -0.15) is 0 Å². The molecule has 0 aliphatic rings. The predicted octanol–water partition coefficient (Wildman–Crippen LogP) is 2.78. The SMILES string of the molecule is CNC(C)CCc1cccc2ccncc12. The van der Waals surface area contributed by atoms with Crippen molar-refractivity contribution in [3.05, 3.63) is 42.2 Å². The van der Waals surface area contributed by atoms with Crippen LogP contribution in [0.5, 0.6) is 0 Å². The number of nitrogens with zero attached hydrogens (tertiary/aromatic N) is 1. The minimum Gasteiger partial charge on any atom is -0.317 e. The summed E-state index contributed by atoms with van der Waals surface area (Å²) in [6.45, 7) is 2.21. The molecule has 2 aromatic rings. The van der Waals surface area contributed by atoms with Gasteiger partial charge in [0, 0.05) is 23.8 Å². The molecule has 0 aliphatic heterocycles. The molecule has 1 unspecified atom stereocenters. The molecular formula is C14H18N2. The lowest BCUT2D eigenvalue weighted by molar-refractivity contribution is 0.566. The van der Waals surface area contributed by atoms with Crippen LogP contribution in [0, 0.1) is 0 Å². The van der Waals surface area contributed by atoms with Gasteiger partial charge in [0.25, 0.3) is 0 Å². The Morgan fingerprint density at radius 1 is 1.31 bits per heavy atom. The standard InChI is InChI=1S/C14H18N2/c1-11(15-2)6-7-12-4-3-5-13-8-9-16-10-14(12)13/h3-5,8-11,15H,6-7H2,1-2H3. The van der Waals surface area contributed by atoms with Gasteiger partial charge >= 0.3 is 0 Å². The minimum absolute atomic E-state index is 0.562. The van der Waals surface area contributed by atoms with E-state index >= 15 is 0 Å². The summed E-state index contributed by atoms with van der Waals surface area (Å²) in [5, 5.41) is 5.84. The van der Waals surface area contributed by atoms with Gasteiger partial charge in [0.15, 0.2) is 0 Å². The van der Waals surface area contributed by atoms with Crippen molar-refractivity contribution < 1.29 is 0 Å². The van der Waals surface area contributed by atoms with Crippen LogP contribution in [0.1, 0.15) is 18.9 Å². The van der Waals surface area contributed by atoms with Gasteiger partial charge in [-0.3, -0.25) is 4.98 Å². The second kappa shape index (κ2) is 5.08. The van der Waals surface area contributed by atoms with Crippen LogP contribution in [0.15, 0.2) is 36.7 Å². The Labute approximate surface area is 96.7 Å². The van der Waals surface area contributed by atoms with E-state index < -0.39 is 0 Å². The second-order valence-corrected chi connectivity index (χ2v) is 4.24. The largest absolute Gasteiger partial charge is 0.317 e. The molecule has 2 rings (SSSR count). The molecule has 1 aromatic heterocycles. The van der Waals surface area contributed by atoms with E-state index in [4.69, 9.17) is 0 Å². The summed E-state index contributed by atoms with van der Waals surface area (Å²) >= 11 is 0. The minimum atomic E-state index is 0.562. The summed E-state index contributed by atoms with van der Waals surface area (Å²) in [4.78, 5) is 4.21. The maximum absolute atomic E-state index is 4.21. The number of rotatable bonds is 4. The van der Waals surface area contributed by atoms with E-state index in [1.54, 1.807) is 0 Å². The molecule has 0 bridgehead atoms. The molecule has 1 heterocycles. The van der Waals surface area contributed by atoms with Crippen molar-refractivity contribution in [3.63, 3.8) is 0 Å². The van der Waals surface area contributed by atoms with E-state index in [0.717, 1.165) is 12.8 Å². The fourth-order valence-corrected chi connectivity index (χ4v) is 1.91. The van der Waals surface area contributed by atoms with Crippen LogP contribution in [0.2, 0.25) is 0 Å². The molecule has 1 N–H and O–H groups in total. The summed E-state index contributed by atoms with van der Waals surface area (Å²) in [5.41, 5.74) is 1.40. The van der Waals surface area contributed by atoms with Crippen molar-refractivity contribution in [1.29, 1.82) is 0 Å². The van der Waals surface area contributed by atoms with Gasteiger partial charge in [-0.25, -0.2) is 0 Å². The van der Waals surface area contributed by atoms with Gasteiger partial charge in [0.1, 0.15) is 0 Å². The summed E-state index contributed by atoms with van der Waals surface area (Å²) in [5.74, 6) is 0. The maximum atomic E-state index is 4.21. The Bertz CT molecular complexity index is 460. The van der Waals surface area contributed by atoms with Crippen LogP contribution in [0.3, 0.4) is 0 Å². The fourth-order valence-electron chi connectivity index (χ4n) is 1.91. The van der Waals surface area contributed by atoms with Crippen LogP contribution >= 0.6 is 0 Å². The topological polar surface area (TPSA) is 24.9 Å². The number of nitrogens with one attached hydrogen (secondary N) is 1. The van der Waals surface area contributed by atoms with E-state index in [9.17, 15) is 0 Å². The molecule has 0 amide bonds. The van der Waals surface area contributed by atoms with Gasteiger partial charge in [-0.15, -0.1) is 0 Å². The van der Waals surface area contributed by atoms with E-state index in [-0.39, 0.29) is 0 Å². The Morgan fingerprint density at radius 3 is 3.00 bits per heavy atom. The van der Waals surface area contributed by atoms with Crippen LogP contribution in [-0.2, 0) is 6.42 Å². The van der Waals surface area contributed by atoms with E-state index in [1.165, 1.54) is 16.3 Å². The number of aromatic nitrogens is 1. The molecule has 1 aromatic carbocycles. The molecule has 1 atom stereocenters. The number of hydrogen-bond donors (Lipinski definition) is 1. The van der Waals surface area contributed by atoms with Gasteiger partial charge in [-0.05, 0) is 43.8 Å². The van der Waals surface area contributed by atoms with Crippen LogP contribution < -0.4 is 5.32 Å². The lowest BCUT2D eigenvalue weighted by Gasteiger charge is -2.11. The smallest absolute Gasteiger partial charge is 0.0349 e. The first-order valence-electron chi connectivity index (χ1n) is 5.80. The second-order valence-electron chi connectivity index (χ2n) is 4.24. The highest BCUT2D eigenvalue weighted by Crippen LogP contribution is 2.19. The molecule has 16 heavy (non-hydrogen) atoms. The number of benzene rings is 1. The molecule has 0 saturated carbocycles. The molecule has 84 valence electrons. The average molecular weight is 214 g/mol. The summed E-state index contributed by atoms with van der Waals surface area (Å²) < 4.78 is 0. The normalized spacial score (nSPS) is 12.9. The quantitative estimate of drug-likeness (QED) is 0.846. The molecule has 0 fully saturated rings. The lowest BCUT2D eigenvalue weighted by atomic mass is 10.0. The average Bonchev–Trinajstić information content (AvgIpc) is 2.35. The zero-order valence-corrected chi connectivity index (χ0v) is 9.90. The molecule has 0 radical (unpaired) electrons. The van der Waals surface area contributed by atoms with Crippen LogP contribution in [-0.4, -0.2) is 18.1 Å². The first-order chi connectivity index (χ1) is 7.81. The van der Waals surface area contributed by atoms with E-state index in [2.05, 4.69) is 41.5 Å². The summed E-state index contributed by atoms with van der Waals surface area (Å²) in [6, 6.07) is 9.10. The number of fused-ring (bicyclic) bond motifs is 1. The molecule has 0 saturated heterocycles. The Morgan fingerprint density at radius 2 is 2.19 bits per heavy atom. The Hall–Kier alpha value is -1.41. The van der Waals surface area contributed by atoms with E-state index in [0.29, 0.717) is 6.04 Å². The van der Waals surface area contributed by atoms with Crippen molar-refractivity contribution in [3.8, 4) is 0 Å². The molecule has 2 heteroatoms. The van der Waals surface area contributed by atoms with Gasteiger partial charge in [-0.1, -0.05) is 18.2 Å². The number of aryl methyl sites for hydroxylation is 1. The molecular weight excluding hydrogens is 196 g/mol. The highest BCUT2D eigenvalue weighted by Gasteiger charge is 2.03. The Balaban J connectivity index is 2.23. The molecule has 0 aliphatic carbocycles. The highest BCUT2D eigenvalue weighted by molar-refractivity contribution is 5.84. The van der Waals surface area contributed by atoms with Crippen molar-refractivity contribution in [1.82, 2.24) is 10.3 Å². The first kappa shape index (κ1) is 11.1.